The molecule has 0 radical (unpaired) electrons. The summed E-state index contributed by atoms with van der Waals surface area (Å²) < 4.78 is 0. The summed E-state index contributed by atoms with van der Waals surface area (Å²) in [6.07, 6.45) is 36.3. The second-order valence-electron chi connectivity index (χ2n) is 11.3. The van der Waals surface area contributed by atoms with Gasteiger partial charge in [-0.05, 0) is 107 Å². The van der Waals surface area contributed by atoms with Gasteiger partial charge in [-0.1, -0.05) is 82.6 Å². The third-order valence-electron chi connectivity index (χ3n) is 9.16. The Hall–Kier alpha value is -0.520. The number of hydrogen-bond acceptors (Lipinski definition) is 0. The molecule has 0 saturated heterocycles. The van der Waals surface area contributed by atoms with Crippen LogP contribution < -0.4 is 0 Å². The third-order valence-corrected chi connectivity index (χ3v) is 9.16. The molecule has 3 aliphatic carbocycles. The lowest BCUT2D eigenvalue weighted by atomic mass is 9.68. The molecule has 172 valence electrons. The highest BCUT2D eigenvalue weighted by Gasteiger charge is 2.30. The third kappa shape index (κ3) is 8.20. The van der Waals surface area contributed by atoms with E-state index in [0.717, 1.165) is 35.5 Å². The van der Waals surface area contributed by atoms with Crippen LogP contribution in [0.4, 0.5) is 0 Å². The summed E-state index contributed by atoms with van der Waals surface area (Å²) in [6.45, 7) is 4.51. The van der Waals surface area contributed by atoms with Crippen LogP contribution in [-0.2, 0) is 0 Å². The molecule has 3 saturated carbocycles. The van der Waals surface area contributed by atoms with E-state index >= 15 is 0 Å². The summed E-state index contributed by atoms with van der Waals surface area (Å²) in [5.41, 5.74) is 0. The Bertz CT molecular complexity index is 476. The highest BCUT2D eigenvalue weighted by atomic mass is 14.4. The summed E-state index contributed by atoms with van der Waals surface area (Å²) in [5, 5.41) is 0. The van der Waals surface area contributed by atoms with Gasteiger partial charge in [-0.25, -0.2) is 0 Å². The number of rotatable bonds is 10. The normalized spacial score (nSPS) is 35.9. The van der Waals surface area contributed by atoms with E-state index in [0.29, 0.717) is 0 Å². The van der Waals surface area contributed by atoms with Crippen molar-refractivity contribution in [2.24, 2.45) is 35.5 Å². The van der Waals surface area contributed by atoms with Gasteiger partial charge >= 0.3 is 0 Å². The van der Waals surface area contributed by atoms with Gasteiger partial charge in [0.05, 0.1) is 0 Å². The molecule has 0 aliphatic heterocycles. The van der Waals surface area contributed by atoms with E-state index in [-0.39, 0.29) is 0 Å². The second-order valence-corrected chi connectivity index (χ2v) is 11.3. The molecule has 0 aromatic rings. The SMILES string of the molecule is CC=CCCC1CCC(CCC=CC2CCC(C3CCC(CCC)CC3)CC2)CC1. The molecule has 0 spiro atoms. The van der Waals surface area contributed by atoms with Crippen LogP contribution in [-0.4, -0.2) is 0 Å². The smallest absolute Gasteiger partial charge is 0.0233 e. The zero-order valence-electron chi connectivity index (χ0n) is 20.5. The molecule has 0 amide bonds. The molecular weight excluding hydrogens is 360 g/mol. The maximum Gasteiger partial charge on any atom is -0.0233 e. The van der Waals surface area contributed by atoms with Crippen LogP contribution >= 0.6 is 0 Å². The van der Waals surface area contributed by atoms with Gasteiger partial charge in [0.25, 0.3) is 0 Å². The van der Waals surface area contributed by atoms with Crippen molar-refractivity contribution in [3.8, 4) is 0 Å². The van der Waals surface area contributed by atoms with Crippen LogP contribution in [0.5, 0.6) is 0 Å². The summed E-state index contributed by atoms with van der Waals surface area (Å²) in [6, 6.07) is 0. The monoisotopic (exact) mass is 412 g/mol. The van der Waals surface area contributed by atoms with Gasteiger partial charge in [0, 0.05) is 0 Å². The molecule has 0 nitrogen and oxygen atoms in total. The van der Waals surface area contributed by atoms with Crippen LogP contribution in [0.25, 0.3) is 0 Å². The molecule has 0 aromatic carbocycles. The maximum atomic E-state index is 2.62. The highest BCUT2D eigenvalue weighted by molar-refractivity contribution is 4.93. The molecular formula is C30H52. The predicted molar refractivity (Wildman–Crippen MR) is 134 cm³/mol. The van der Waals surface area contributed by atoms with Gasteiger partial charge in [-0.15, -0.1) is 0 Å². The standard InChI is InChI=1S/C30H52/c1-3-5-6-10-26-13-15-27(16-14-26)11-7-8-12-28-19-23-30(24-20-28)29-21-17-25(9-4-2)18-22-29/h3,5,8,12,25-30H,4,6-7,9-11,13-24H2,1-2H3. The lowest BCUT2D eigenvalue weighted by Crippen LogP contribution is -2.25. The fourth-order valence-electron chi connectivity index (χ4n) is 7.09. The first-order valence-electron chi connectivity index (χ1n) is 14.1. The van der Waals surface area contributed by atoms with E-state index in [1.54, 1.807) is 12.8 Å². The van der Waals surface area contributed by atoms with Gasteiger partial charge in [-0.2, -0.15) is 0 Å². The summed E-state index contributed by atoms with van der Waals surface area (Å²) in [4.78, 5) is 0. The van der Waals surface area contributed by atoms with E-state index in [4.69, 9.17) is 0 Å². The molecule has 3 aliphatic rings. The van der Waals surface area contributed by atoms with E-state index in [9.17, 15) is 0 Å². The Morgan fingerprint density at radius 2 is 1.03 bits per heavy atom. The quantitative estimate of drug-likeness (QED) is 0.313. The first-order chi connectivity index (χ1) is 14.8. The lowest BCUT2D eigenvalue weighted by Gasteiger charge is -2.37. The van der Waals surface area contributed by atoms with Crippen molar-refractivity contribution in [3.05, 3.63) is 24.3 Å². The molecule has 0 heteroatoms. The summed E-state index contributed by atoms with van der Waals surface area (Å²) >= 11 is 0. The van der Waals surface area contributed by atoms with Gasteiger partial charge in [0.2, 0.25) is 0 Å². The van der Waals surface area contributed by atoms with Crippen molar-refractivity contribution in [3.63, 3.8) is 0 Å². The Labute approximate surface area is 189 Å². The van der Waals surface area contributed by atoms with E-state index in [1.807, 2.05) is 0 Å². The van der Waals surface area contributed by atoms with E-state index in [2.05, 4.69) is 38.2 Å². The fourth-order valence-corrected chi connectivity index (χ4v) is 7.09. The lowest BCUT2D eigenvalue weighted by molar-refractivity contribution is 0.152. The Morgan fingerprint density at radius 1 is 0.567 bits per heavy atom. The minimum atomic E-state index is 0.903. The molecule has 0 aromatic heterocycles. The number of allylic oxidation sites excluding steroid dienone is 4. The minimum Gasteiger partial charge on any atom is -0.0917 e. The summed E-state index contributed by atoms with van der Waals surface area (Å²) in [5.74, 6) is 6.16. The second kappa shape index (κ2) is 13.8. The zero-order chi connectivity index (χ0) is 21.0. The molecule has 0 bridgehead atoms. The molecule has 3 fully saturated rings. The highest BCUT2D eigenvalue weighted by Crippen LogP contribution is 2.42. The predicted octanol–water partition coefficient (Wildman–Crippen LogP) is 9.90. The molecule has 0 N–H and O–H groups in total. The van der Waals surface area contributed by atoms with Crippen LogP contribution in [0.1, 0.15) is 129 Å². The van der Waals surface area contributed by atoms with Gasteiger partial charge in [-0.3, -0.25) is 0 Å². The van der Waals surface area contributed by atoms with E-state index < -0.39 is 0 Å². The molecule has 0 atom stereocenters. The molecule has 30 heavy (non-hydrogen) atoms. The number of hydrogen-bond donors (Lipinski definition) is 0. The topological polar surface area (TPSA) is 0 Å². The Kier molecular flexibility index (Phi) is 11.1. The first-order valence-corrected chi connectivity index (χ1v) is 14.1. The van der Waals surface area contributed by atoms with Gasteiger partial charge in [0.15, 0.2) is 0 Å². The largest absolute Gasteiger partial charge is 0.0917 e. The van der Waals surface area contributed by atoms with E-state index in [1.165, 1.54) is 103 Å². The molecule has 0 unspecified atom stereocenters. The van der Waals surface area contributed by atoms with Crippen molar-refractivity contribution < 1.29 is 0 Å². The van der Waals surface area contributed by atoms with Crippen LogP contribution in [0.15, 0.2) is 24.3 Å². The average molecular weight is 413 g/mol. The fraction of sp³-hybridized carbons (Fsp3) is 0.867. The van der Waals surface area contributed by atoms with Crippen LogP contribution in [0.3, 0.4) is 0 Å². The zero-order valence-corrected chi connectivity index (χ0v) is 20.5. The van der Waals surface area contributed by atoms with Crippen molar-refractivity contribution >= 4 is 0 Å². The molecule has 0 heterocycles. The van der Waals surface area contributed by atoms with Gasteiger partial charge in [0.1, 0.15) is 0 Å². The Balaban J connectivity index is 1.24. The van der Waals surface area contributed by atoms with Crippen molar-refractivity contribution in [2.75, 3.05) is 0 Å². The molecule has 3 rings (SSSR count). The van der Waals surface area contributed by atoms with Crippen LogP contribution in [0, 0.1) is 35.5 Å². The average Bonchev–Trinajstić information content (AvgIpc) is 2.79. The van der Waals surface area contributed by atoms with Crippen molar-refractivity contribution in [2.45, 2.75) is 129 Å². The van der Waals surface area contributed by atoms with Crippen LogP contribution in [0.2, 0.25) is 0 Å². The van der Waals surface area contributed by atoms with Gasteiger partial charge < -0.3 is 0 Å². The maximum absolute atomic E-state index is 2.62. The minimum absolute atomic E-state index is 0.903. The first kappa shape index (κ1) is 24.1. The van der Waals surface area contributed by atoms with Crippen molar-refractivity contribution in [1.29, 1.82) is 0 Å². The summed E-state index contributed by atoms with van der Waals surface area (Å²) in [7, 11) is 0. The Morgan fingerprint density at radius 3 is 1.57 bits per heavy atom. The van der Waals surface area contributed by atoms with Crippen molar-refractivity contribution in [1.82, 2.24) is 0 Å².